The van der Waals surface area contributed by atoms with Crippen molar-refractivity contribution >= 4 is 37.2 Å². The van der Waals surface area contributed by atoms with Crippen molar-refractivity contribution in [3.63, 3.8) is 0 Å². The minimum atomic E-state index is -2.89. The van der Waals surface area contributed by atoms with Crippen LogP contribution in [0.3, 0.4) is 0 Å². The molecule has 1 spiro atoms. The standard InChI is InChI=1S/C46H45N5O6Si/c1-30-43(58(2,3)55)42(25-26-49-28-37(47-48-49)35(29-52)32-13-5-4-6-14-32)57-46(30)36-16-8-9-17-38(36)50(45(46)54)27-31-21-23-33(24-22-31)51-39-18-10-12-20-41(39)56-40-19-11-7-15-34(40)44(51)53/h4-24,28,30,35,42-43,52,55H,25-27,29H2,1-3H3/t30-,35?,42+,43-,46+/m0/s1. The van der Waals surface area contributed by atoms with Crippen LogP contribution in [0.5, 0.6) is 11.5 Å². The quantitative estimate of drug-likeness (QED) is 0.134. The molecule has 1 fully saturated rings. The smallest absolute Gasteiger partial charge is 0.266 e. The zero-order valence-corrected chi connectivity index (χ0v) is 33.6. The van der Waals surface area contributed by atoms with Gasteiger partial charge in [0.15, 0.2) is 19.7 Å². The molecule has 4 heterocycles. The summed E-state index contributed by atoms with van der Waals surface area (Å²) >= 11 is 0. The Hall–Kier alpha value is -5.92. The molecule has 5 atom stereocenters. The fraction of sp³-hybridized carbons (Fsp3) is 0.261. The molecule has 2 N–H and O–H groups in total. The van der Waals surface area contributed by atoms with Gasteiger partial charge in [0, 0.05) is 35.5 Å². The number of aryl methyl sites for hydroxylation is 1. The van der Waals surface area contributed by atoms with Crippen LogP contribution in [0.2, 0.25) is 18.6 Å². The van der Waals surface area contributed by atoms with Gasteiger partial charge in [0.25, 0.3) is 11.8 Å². The van der Waals surface area contributed by atoms with Gasteiger partial charge < -0.3 is 24.3 Å². The zero-order chi connectivity index (χ0) is 40.2. The summed E-state index contributed by atoms with van der Waals surface area (Å²) < 4.78 is 15.0. The first-order valence-corrected chi connectivity index (χ1v) is 22.8. The lowest BCUT2D eigenvalue weighted by molar-refractivity contribution is -0.146. The van der Waals surface area contributed by atoms with E-state index in [-0.39, 0.29) is 42.3 Å². The number of anilines is 3. The molecule has 11 nitrogen and oxygen atoms in total. The number of amides is 2. The Balaban J connectivity index is 0.978. The second-order valence-electron chi connectivity index (χ2n) is 16.0. The third-order valence-electron chi connectivity index (χ3n) is 12.0. The van der Waals surface area contributed by atoms with Crippen molar-refractivity contribution in [1.82, 2.24) is 15.0 Å². The number of nitrogens with zero attached hydrogens (tertiary/aromatic N) is 5. The summed E-state index contributed by atoms with van der Waals surface area (Å²) in [6.45, 7) is 6.54. The summed E-state index contributed by atoms with van der Waals surface area (Å²) in [5.74, 6) is 0.118. The Morgan fingerprint density at radius 3 is 2.24 bits per heavy atom. The van der Waals surface area contributed by atoms with Crippen LogP contribution in [-0.4, -0.2) is 57.7 Å². The van der Waals surface area contributed by atoms with E-state index < -0.39 is 20.0 Å². The Morgan fingerprint density at radius 2 is 1.50 bits per heavy atom. The van der Waals surface area contributed by atoms with E-state index in [0.717, 1.165) is 22.4 Å². The minimum Gasteiger partial charge on any atom is -0.454 e. The summed E-state index contributed by atoms with van der Waals surface area (Å²) in [4.78, 5) is 44.3. The summed E-state index contributed by atoms with van der Waals surface area (Å²) in [6.07, 6.45) is 1.95. The Bertz CT molecular complexity index is 2490. The van der Waals surface area contributed by atoms with Crippen molar-refractivity contribution in [2.24, 2.45) is 5.92 Å². The van der Waals surface area contributed by atoms with Crippen LogP contribution < -0.4 is 14.5 Å². The Morgan fingerprint density at radius 1 is 0.828 bits per heavy atom. The van der Waals surface area contributed by atoms with E-state index in [1.807, 2.05) is 141 Å². The van der Waals surface area contributed by atoms with Crippen LogP contribution in [0, 0.1) is 5.92 Å². The largest absolute Gasteiger partial charge is 0.454 e. The molecule has 5 aromatic carbocycles. The predicted molar refractivity (Wildman–Crippen MR) is 223 cm³/mol. The number of hydrogen-bond acceptors (Lipinski definition) is 8. The molecule has 0 bridgehead atoms. The lowest BCUT2D eigenvalue weighted by Crippen LogP contribution is -2.46. The van der Waals surface area contributed by atoms with Gasteiger partial charge in [-0.25, -0.2) is 0 Å². The molecule has 1 saturated heterocycles. The Kier molecular flexibility index (Phi) is 9.60. The lowest BCUT2D eigenvalue weighted by Gasteiger charge is -2.32. The number of para-hydroxylation sites is 4. The molecular formula is C46H45N5O6Si. The van der Waals surface area contributed by atoms with Crippen LogP contribution >= 0.6 is 0 Å². The van der Waals surface area contributed by atoms with Crippen LogP contribution in [-0.2, 0) is 28.2 Å². The number of rotatable bonds is 10. The first-order chi connectivity index (χ1) is 28.1. The van der Waals surface area contributed by atoms with Gasteiger partial charge in [0.1, 0.15) is 5.75 Å². The average molecular weight is 792 g/mol. The predicted octanol–water partition coefficient (Wildman–Crippen LogP) is 7.92. The average Bonchev–Trinajstić information content (AvgIpc) is 3.86. The van der Waals surface area contributed by atoms with Gasteiger partial charge >= 0.3 is 0 Å². The summed E-state index contributed by atoms with van der Waals surface area (Å²) in [6, 6.07) is 40.0. The number of aliphatic hydroxyl groups excluding tert-OH is 1. The van der Waals surface area contributed by atoms with Crippen molar-refractivity contribution in [3.8, 4) is 11.5 Å². The molecule has 58 heavy (non-hydrogen) atoms. The van der Waals surface area contributed by atoms with Crippen molar-refractivity contribution in [2.45, 2.75) is 62.7 Å². The lowest BCUT2D eigenvalue weighted by atomic mass is 9.82. The molecule has 0 aliphatic carbocycles. The van der Waals surface area contributed by atoms with Gasteiger partial charge in [-0.05, 0) is 73.1 Å². The SMILES string of the molecule is C[C@H]1[C@H]([Si](C)(C)O)[C@@H](CCn2cc(C(CO)c3ccccc3)nn2)O[C@]12C(=O)N(Cc1ccc(N3C(=O)c4ccccc4Oc4ccccc43)cc1)c1ccccc12. The van der Waals surface area contributed by atoms with Crippen molar-refractivity contribution in [1.29, 1.82) is 0 Å². The maximum absolute atomic E-state index is 15.0. The monoisotopic (exact) mass is 791 g/mol. The highest BCUT2D eigenvalue weighted by atomic mass is 28.4. The molecule has 6 aromatic rings. The van der Waals surface area contributed by atoms with Crippen LogP contribution in [0.4, 0.5) is 17.1 Å². The molecule has 294 valence electrons. The van der Waals surface area contributed by atoms with Crippen molar-refractivity contribution in [3.05, 3.63) is 162 Å². The summed E-state index contributed by atoms with van der Waals surface area (Å²) in [7, 11) is -2.89. The van der Waals surface area contributed by atoms with Gasteiger partial charge in [-0.3, -0.25) is 19.2 Å². The highest BCUT2D eigenvalue weighted by Crippen LogP contribution is 2.60. The van der Waals surface area contributed by atoms with E-state index >= 15 is 4.79 Å². The highest BCUT2D eigenvalue weighted by Gasteiger charge is 2.66. The molecule has 0 radical (unpaired) electrons. The third kappa shape index (κ3) is 6.33. The van der Waals surface area contributed by atoms with Gasteiger partial charge in [-0.15, -0.1) is 5.10 Å². The maximum atomic E-state index is 15.0. The molecule has 1 aromatic heterocycles. The molecule has 9 rings (SSSR count). The number of carbonyl (C=O) groups is 2. The van der Waals surface area contributed by atoms with E-state index in [9.17, 15) is 14.7 Å². The number of ether oxygens (including phenoxy) is 2. The van der Waals surface area contributed by atoms with E-state index in [0.29, 0.717) is 47.1 Å². The molecule has 3 aliphatic rings. The summed E-state index contributed by atoms with van der Waals surface area (Å²) in [5.41, 5.74) is 4.34. The van der Waals surface area contributed by atoms with Gasteiger partial charge in [-0.1, -0.05) is 97.1 Å². The minimum absolute atomic E-state index is 0.0971. The van der Waals surface area contributed by atoms with E-state index in [1.54, 1.807) is 26.6 Å². The molecule has 3 aliphatic heterocycles. The molecule has 2 amide bonds. The van der Waals surface area contributed by atoms with Gasteiger partial charge in [0.2, 0.25) is 0 Å². The number of carbonyl (C=O) groups excluding carboxylic acids is 2. The van der Waals surface area contributed by atoms with Crippen LogP contribution in [0.25, 0.3) is 0 Å². The second-order valence-corrected chi connectivity index (χ2v) is 20.0. The molecule has 12 heteroatoms. The van der Waals surface area contributed by atoms with Crippen LogP contribution in [0.1, 0.15) is 52.0 Å². The topological polar surface area (TPSA) is 130 Å². The zero-order valence-electron chi connectivity index (χ0n) is 32.6. The van der Waals surface area contributed by atoms with Gasteiger partial charge in [0.05, 0.1) is 47.8 Å². The molecule has 1 unspecified atom stereocenters. The number of aliphatic hydroxyl groups is 1. The number of aromatic nitrogens is 3. The van der Waals surface area contributed by atoms with E-state index in [4.69, 9.17) is 9.47 Å². The van der Waals surface area contributed by atoms with Gasteiger partial charge in [-0.2, -0.15) is 0 Å². The fourth-order valence-corrected chi connectivity index (χ4v) is 12.0. The number of fused-ring (bicyclic) bond motifs is 4. The normalized spacial score (nSPS) is 21.7. The summed E-state index contributed by atoms with van der Waals surface area (Å²) in [5, 5.41) is 19.0. The number of benzene rings is 5. The van der Waals surface area contributed by atoms with Crippen LogP contribution in [0.15, 0.2) is 134 Å². The first kappa shape index (κ1) is 37.6. The Labute approximate surface area is 338 Å². The number of hydrogen-bond donors (Lipinski definition) is 2. The maximum Gasteiger partial charge on any atom is 0.266 e. The second kappa shape index (κ2) is 14.8. The van der Waals surface area contributed by atoms with E-state index in [1.165, 1.54) is 0 Å². The van der Waals surface area contributed by atoms with E-state index in [2.05, 4.69) is 10.3 Å². The highest BCUT2D eigenvalue weighted by molar-refractivity contribution is 6.71. The molecule has 0 saturated carbocycles. The van der Waals surface area contributed by atoms with Crippen molar-refractivity contribution < 1.29 is 29.0 Å². The first-order valence-electron chi connectivity index (χ1n) is 19.7. The molecular weight excluding hydrogens is 747 g/mol. The van der Waals surface area contributed by atoms with Crippen molar-refractivity contribution in [2.75, 3.05) is 16.4 Å². The third-order valence-corrected chi connectivity index (χ3v) is 14.5. The fourth-order valence-electron chi connectivity index (χ4n) is 9.35.